The second-order valence-electron chi connectivity index (χ2n) is 5.04. The Labute approximate surface area is 165 Å². The average molecular weight is 489 g/mol. The van der Waals surface area contributed by atoms with E-state index in [1.165, 1.54) is 6.07 Å². The van der Waals surface area contributed by atoms with Crippen LogP contribution in [0.15, 0.2) is 50.0 Å². The van der Waals surface area contributed by atoms with E-state index in [0.29, 0.717) is 10.4 Å². The number of furan rings is 1. The van der Waals surface area contributed by atoms with Gasteiger partial charge in [0.15, 0.2) is 16.5 Å². The number of ether oxygens (including phenoxy) is 1. The fourth-order valence-electron chi connectivity index (χ4n) is 1.76. The fraction of sp³-hybridized carbons (Fsp3) is 0.188. The fourth-order valence-corrected chi connectivity index (χ4v) is 2.44. The van der Waals surface area contributed by atoms with Crippen molar-refractivity contribution in [1.29, 1.82) is 0 Å². The molecule has 0 spiro atoms. The van der Waals surface area contributed by atoms with Gasteiger partial charge in [0.05, 0.1) is 6.54 Å². The number of hydrogen-bond donors (Lipinski definition) is 3. The number of carbonyl (C=O) groups excluding carboxylic acids is 3. The van der Waals surface area contributed by atoms with Crippen molar-refractivity contribution in [2.75, 3.05) is 6.54 Å². The van der Waals surface area contributed by atoms with Crippen molar-refractivity contribution in [3.63, 3.8) is 0 Å². The molecule has 138 valence electrons. The summed E-state index contributed by atoms with van der Waals surface area (Å²) in [6, 6.07) is 10.0. The zero-order chi connectivity index (χ0) is 19.1. The maximum absolute atomic E-state index is 11.9. The minimum Gasteiger partial charge on any atom is -0.481 e. The molecule has 0 aliphatic heterocycles. The smallest absolute Gasteiger partial charge is 0.287 e. The summed E-state index contributed by atoms with van der Waals surface area (Å²) >= 11 is 6.38. The predicted octanol–water partition coefficient (Wildman–Crippen LogP) is 2.15. The molecule has 1 unspecified atom stereocenters. The minimum absolute atomic E-state index is 0.0600. The number of nitrogens with one attached hydrogen (secondary N) is 3. The molecule has 10 heteroatoms. The Bertz CT molecular complexity index is 809. The first-order chi connectivity index (χ1) is 12.3. The molecule has 0 aliphatic rings. The van der Waals surface area contributed by atoms with Crippen LogP contribution in [0.4, 0.5) is 0 Å². The SMILES string of the molecule is CC(Oc1cccc(Br)c1)C(=O)NNC(=O)CNC(=O)c1ccc(Br)o1. The molecule has 1 aromatic heterocycles. The van der Waals surface area contributed by atoms with Crippen LogP contribution in [0.25, 0.3) is 0 Å². The van der Waals surface area contributed by atoms with E-state index in [4.69, 9.17) is 9.15 Å². The first-order valence-corrected chi connectivity index (χ1v) is 8.98. The summed E-state index contributed by atoms with van der Waals surface area (Å²) < 4.78 is 11.7. The summed E-state index contributed by atoms with van der Waals surface area (Å²) in [5, 5.41) is 2.36. The van der Waals surface area contributed by atoms with Crippen LogP contribution in [0.5, 0.6) is 5.75 Å². The van der Waals surface area contributed by atoms with Crippen LogP contribution in [0.1, 0.15) is 17.5 Å². The molecule has 1 aromatic carbocycles. The largest absolute Gasteiger partial charge is 0.481 e. The van der Waals surface area contributed by atoms with Gasteiger partial charge in [-0.25, -0.2) is 0 Å². The first kappa shape index (κ1) is 20.0. The van der Waals surface area contributed by atoms with Crippen molar-refractivity contribution >= 4 is 49.6 Å². The van der Waals surface area contributed by atoms with E-state index in [0.717, 1.165) is 4.47 Å². The molecule has 3 N–H and O–H groups in total. The van der Waals surface area contributed by atoms with E-state index in [2.05, 4.69) is 48.0 Å². The van der Waals surface area contributed by atoms with E-state index in [9.17, 15) is 14.4 Å². The molecule has 2 aromatic rings. The lowest BCUT2D eigenvalue weighted by Gasteiger charge is -2.15. The third-order valence-electron chi connectivity index (χ3n) is 3.01. The molecule has 0 saturated carbocycles. The number of benzene rings is 1. The maximum Gasteiger partial charge on any atom is 0.287 e. The lowest BCUT2D eigenvalue weighted by molar-refractivity contribution is -0.132. The molecule has 0 bridgehead atoms. The van der Waals surface area contributed by atoms with Gasteiger partial charge in [0.2, 0.25) is 0 Å². The summed E-state index contributed by atoms with van der Waals surface area (Å²) in [6.45, 7) is 1.21. The van der Waals surface area contributed by atoms with Gasteiger partial charge in [-0.2, -0.15) is 0 Å². The molecule has 0 aliphatic carbocycles. The van der Waals surface area contributed by atoms with Crippen LogP contribution in [0.2, 0.25) is 0 Å². The third kappa shape index (κ3) is 6.19. The molecule has 0 fully saturated rings. The van der Waals surface area contributed by atoms with Gasteiger partial charge in [-0.1, -0.05) is 22.0 Å². The molecule has 1 atom stereocenters. The molecule has 2 rings (SSSR count). The van der Waals surface area contributed by atoms with Crippen LogP contribution >= 0.6 is 31.9 Å². The zero-order valence-electron chi connectivity index (χ0n) is 13.5. The molecule has 0 radical (unpaired) electrons. The monoisotopic (exact) mass is 487 g/mol. The van der Waals surface area contributed by atoms with Crippen molar-refractivity contribution in [2.24, 2.45) is 0 Å². The van der Waals surface area contributed by atoms with Crippen molar-refractivity contribution in [1.82, 2.24) is 16.2 Å². The highest BCUT2D eigenvalue weighted by atomic mass is 79.9. The summed E-state index contributed by atoms with van der Waals surface area (Å²) in [4.78, 5) is 35.3. The predicted molar refractivity (Wildman–Crippen MR) is 99.3 cm³/mol. The van der Waals surface area contributed by atoms with Gasteiger partial charge >= 0.3 is 0 Å². The zero-order valence-corrected chi connectivity index (χ0v) is 16.7. The van der Waals surface area contributed by atoms with E-state index >= 15 is 0 Å². The Balaban J connectivity index is 1.72. The second-order valence-corrected chi connectivity index (χ2v) is 6.74. The Morgan fingerprint density at radius 3 is 2.58 bits per heavy atom. The van der Waals surface area contributed by atoms with Crippen LogP contribution in [-0.4, -0.2) is 30.4 Å². The summed E-state index contributed by atoms with van der Waals surface area (Å²) in [5.74, 6) is -1.13. The summed E-state index contributed by atoms with van der Waals surface area (Å²) in [5.41, 5.74) is 4.42. The first-order valence-electron chi connectivity index (χ1n) is 7.39. The molecule has 0 saturated heterocycles. The summed E-state index contributed by atoms with van der Waals surface area (Å²) in [7, 11) is 0. The third-order valence-corrected chi connectivity index (χ3v) is 3.93. The van der Waals surface area contributed by atoms with Gasteiger partial charge in [0.25, 0.3) is 17.7 Å². The van der Waals surface area contributed by atoms with E-state index < -0.39 is 23.8 Å². The highest BCUT2D eigenvalue weighted by molar-refractivity contribution is 9.10. The highest BCUT2D eigenvalue weighted by Gasteiger charge is 2.16. The van der Waals surface area contributed by atoms with Crippen molar-refractivity contribution in [3.05, 3.63) is 51.3 Å². The lowest BCUT2D eigenvalue weighted by atomic mass is 10.3. The molecular formula is C16H15Br2N3O5. The van der Waals surface area contributed by atoms with Crippen LogP contribution in [-0.2, 0) is 9.59 Å². The molecule has 3 amide bonds. The van der Waals surface area contributed by atoms with Crippen LogP contribution in [0.3, 0.4) is 0 Å². The quantitative estimate of drug-likeness (QED) is 0.539. The molecule has 1 heterocycles. The van der Waals surface area contributed by atoms with Crippen molar-refractivity contribution < 1.29 is 23.5 Å². The maximum atomic E-state index is 11.9. The molecule has 8 nitrogen and oxygen atoms in total. The lowest BCUT2D eigenvalue weighted by Crippen LogP contribution is -2.50. The Kier molecular flexibility index (Phi) is 7.22. The Hall–Kier alpha value is -2.33. The molecule has 26 heavy (non-hydrogen) atoms. The van der Waals surface area contributed by atoms with Gasteiger partial charge in [0, 0.05) is 4.47 Å². The van der Waals surface area contributed by atoms with Gasteiger partial charge in [0.1, 0.15) is 5.75 Å². The van der Waals surface area contributed by atoms with Crippen LogP contribution in [0, 0.1) is 0 Å². The summed E-state index contributed by atoms with van der Waals surface area (Å²) in [6.07, 6.45) is -0.834. The average Bonchev–Trinajstić information content (AvgIpc) is 3.04. The second kappa shape index (κ2) is 9.39. The van der Waals surface area contributed by atoms with E-state index in [1.807, 2.05) is 6.07 Å². The van der Waals surface area contributed by atoms with Gasteiger partial charge in [-0.05, 0) is 53.2 Å². The number of amides is 3. The van der Waals surface area contributed by atoms with Crippen molar-refractivity contribution in [2.45, 2.75) is 13.0 Å². The topological polar surface area (TPSA) is 110 Å². The van der Waals surface area contributed by atoms with E-state index in [-0.39, 0.29) is 12.3 Å². The van der Waals surface area contributed by atoms with Gasteiger partial charge in [-0.15, -0.1) is 0 Å². The number of hydrogen-bond acceptors (Lipinski definition) is 5. The minimum atomic E-state index is -0.834. The van der Waals surface area contributed by atoms with Gasteiger partial charge in [-0.3, -0.25) is 25.2 Å². The number of carbonyl (C=O) groups is 3. The van der Waals surface area contributed by atoms with Gasteiger partial charge < -0.3 is 14.5 Å². The molecular weight excluding hydrogens is 474 g/mol. The highest BCUT2D eigenvalue weighted by Crippen LogP contribution is 2.18. The number of rotatable bonds is 6. The Morgan fingerprint density at radius 2 is 1.92 bits per heavy atom. The number of hydrazine groups is 1. The number of halogens is 2. The van der Waals surface area contributed by atoms with E-state index in [1.54, 1.807) is 31.2 Å². The normalized spacial score (nSPS) is 11.3. The van der Waals surface area contributed by atoms with Crippen molar-refractivity contribution in [3.8, 4) is 5.75 Å². The van der Waals surface area contributed by atoms with Crippen LogP contribution < -0.4 is 20.9 Å². The Morgan fingerprint density at radius 1 is 1.15 bits per heavy atom. The standard InChI is InChI=1S/C16H15Br2N3O5/c1-9(25-11-4-2-3-10(17)7-11)15(23)21-20-14(22)8-19-16(24)12-5-6-13(18)26-12/h2-7,9H,8H2,1H3,(H,19,24)(H,20,22)(H,21,23).